The van der Waals surface area contributed by atoms with Crippen LogP contribution in [0.4, 0.5) is 0 Å². The molecule has 0 radical (unpaired) electrons. The Labute approximate surface area is 201 Å². The van der Waals surface area contributed by atoms with Gasteiger partial charge in [0.25, 0.3) is 0 Å². The Bertz CT molecular complexity index is 840. The van der Waals surface area contributed by atoms with Crippen LogP contribution in [-0.2, 0) is 26.7 Å². The van der Waals surface area contributed by atoms with Crippen LogP contribution in [0.5, 0.6) is 11.5 Å². The Morgan fingerprint density at radius 2 is 1.00 bits per heavy atom. The van der Waals surface area contributed by atoms with Gasteiger partial charge < -0.3 is 30.6 Å². The second-order valence-corrected chi connectivity index (χ2v) is 7.12. The minimum absolute atomic E-state index is 0. The maximum Gasteiger partial charge on any atom is 2.00 e. The molecule has 0 spiro atoms. The molecule has 0 aromatic heterocycles. The molecule has 0 aliphatic rings. The molecule has 0 saturated carbocycles. The standard InChI is InChI=1S/C22H28N2O8.Fe/c25-13-11-23(19(21(29)30)15-5-1-3-7-17(15)27)9-10-24(12-14-26)20(22(31)32)16-6-2-4-8-18(16)28;/h1-8,19-20,25-28H,9-14H2,(H,29,30)(H,31,32);/q;+2/t19-,20-;/m1./s1. The Balaban J connectivity index is 0.00000544. The predicted molar refractivity (Wildman–Crippen MR) is 114 cm³/mol. The SMILES string of the molecule is O=C(O)[C@@H](c1ccccc1O)N(CCO)CCN(CCO)[C@@H](C(=O)O)c1ccccc1O.[Fe+2]. The fraction of sp³-hybridized carbons (Fsp3) is 0.364. The van der Waals surface area contributed by atoms with Gasteiger partial charge in [-0.1, -0.05) is 36.4 Å². The molecule has 0 bridgehead atoms. The molecule has 0 aliphatic carbocycles. The van der Waals surface area contributed by atoms with Gasteiger partial charge in [-0.15, -0.1) is 0 Å². The van der Waals surface area contributed by atoms with E-state index < -0.39 is 24.0 Å². The molecule has 33 heavy (non-hydrogen) atoms. The van der Waals surface area contributed by atoms with Crippen LogP contribution in [0.15, 0.2) is 48.5 Å². The number of aliphatic carboxylic acids is 2. The van der Waals surface area contributed by atoms with Gasteiger partial charge in [-0.2, -0.15) is 0 Å². The van der Waals surface area contributed by atoms with Gasteiger partial charge in [0.1, 0.15) is 23.6 Å². The van der Waals surface area contributed by atoms with Crippen LogP contribution in [0, 0.1) is 0 Å². The van der Waals surface area contributed by atoms with Crippen LogP contribution in [0.2, 0.25) is 0 Å². The van der Waals surface area contributed by atoms with E-state index in [1.54, 1.807) is 24.3 Å². The molecule has 2 atom stereocenters. The molecule has 180 valence electrons. The zero-order valence-corrected chi connectivity index (χ0v) is 18.9. The molecule has 2 aromatic rings. The number of benzene rings is 2. The summed E-state index contributed by atoms with van der Waals surface area (Å²) in [7, 11) is 0. The fourth-order valence-corrected chi connectivity index (χ4v) is 3.66. The molecule has 2 aromatic carbocycles. The number of phenols is 2. The number of carbonyl (C=O) groups is 2. The van der Waals surface area contributed by atoms with E-state index in [0.717, 1.165) is 0 Å². The summed E-state index contributed by atoms with van der Waals surface area (Å²) < 4.78 is 0. The summed E-state index contributed by atoms with van der Waals surface area (Å²) in [6.45, 7) is -0.815. The van der Waals surface area contributed by atoms with E-state index in [9.17, 15) is 40.2 Å². The zero-order chi connectivity index (χ0) is 23.7. The predicted octanol–water partition coefficient (Wildman–Crippen LogP) is 0.636. The Morgan fingerprint density at radius 3 is 1.27 bits per heavy atom. The van der Waals surface area contributed by atoms with Crippen molar-refractivity contribution in [3.8, 4) is 11.5 Å². The number of para-hydroxylation sites is 2. The molecule has 2 rings (SSSR count). The van der Waals surface area contributed by atoms with Crippen LogP contribution in [0.3, 0.4) is 0 Å². The normalized spacial score (nSPS) is 12.8. The van der Waals surface area contributed by atoms with Crippen molar-refractivity contribution in [2.24, 2.45) is 0 Å². The first-order valence-corrected chi connectivity index (χ1v) is 10.0. The Kier molecular flexibility index (Phi) is 11.9. The second kappa shape index (κ2) is 13.8. The molecule has 0 unspecified atom stereocenters. The largest absolute Gasteiger partial charge is 2.00 e. The third kappa shape index (κ3) is 7.43. The first kappa shape index (κ1) is 28.4. The van der Waals surface area contributed by atoms with Crippen molar-refractivity contribution in [1.29, 1.82) is 0 Å². The third-order valence-corrected chi connectivity index (χ3v) is 5.11. The van der Waals surface area contributed by atoms with Gasteiger partial charge in [0, 0.05) is 37.3 Å². The van der Waals surface area contributed by atoms with Crippen molar-refractivity contribution in [3.63, 3.8) is 0 Å². The number of hydrogen-bond acceptors (Lipinski definition) is 8. The third-order valence-electron chi connectivity index (χ3n) is 5.11. The summed E-state index contributed by atoms with van der Waals surface area (Å²) >= 11 is 0. The summed E-state index contributed by atoms with van der Waals surface area (Å²) in [4.78, 5) is 26.9. The van der Waals surface area contributed by atoms with Crippen LogP contribution < -0.4 is 0 Å². The summed E-state index contributed by atoms with van der Waals surface area (Å²) in [5, 5.41) is 58.9. The van der Waals surface area contributed by atoms with Gasteiger partial charge in [-0.25, -0.2) is 0 Å². The fourth-order valence-electron chi connectivity index (χ4n) is 3.66. The number of aliphatic hydroxyl groups is 2. The quantitative estimate of drug-likeness (QED) is 0.214. The van der Waals surface area contributed by atoms with E-state index in [4.69, 9.17) is 0 Å². The Morgan fingerprint density at radius 1 is 0.667 bits per heavy atom. The van der Waals surface area contributed by atoms with Crippen molar-refractivity contribution in [1.82, 2.24) is 9.80 Å². The van der Waals surface area contributed by atoms with E-state index in [-0.39, 0.29) is 79.1 Å². The van der Waals surface area contributed by atoms with Crippen LogP contribution in [0.25, 0.3) is 0 Å². The average Bonchev–Trinajstić information content (AvgIpc) is 2.74. The number of aliphatic hydroxyl groups excluding tert-OH is 2. The van der Waals surface area contributed by atoms with Crippen LogP contribution in [-0.4, -0.2) is 91.8 Å². The molecule has 0 fully saturated rings. The molecule has 0 saturated heterocycles. The van der Waals surface area contributed by atoms with E-state index in [2.05, 4.69) is 0 Å². The monoisotopic (exact) mass is 504 g/mol. The number of phenolic OH excluding ortho intramolecular Hbond substituents is 2. The van der Waals surface area contributed by atoms with Crippen molar-refractivity contribution < 1.29 is 57.3 Å². The Hall–Kier alpha value is -2.66. The zero-order valence-electron chi connectivity index (χ0n) is 17.8. The first-order chi connectivity index (χ1) is 15.3. The second-order valence-electron chi connectivity index (χ2n) is 7.12. The molecule has 0 heterocycles. The van der Waals surface area contributed by atoms with E-state index in [1.807, 2.05) is 0 Å². The summed E-state index contributed by atoms with van der Waals surface area (Å²) in [5.74, 6) is -2.92. The number of carboxylic acid groups (broad SMARTS) is 2. The van der Waals surface area contributed by atoms with Gasteiger partial charge >= 0.3 is 29.0 Å². The van der Waals surface area contributed by atoms with Gasteiger partial charge in [0.2, 0.25) is 0 Å². The van der Waals surface area contributed by atoms with Crippen LogP contribution in [0.1, 0.15) is 23.2 Å². The van der Waals surface area contributed by atoms with E-state index >= 15 is 0 Å². The van der Waals surface area contributed by atoms with Crippen molar-refractivity contribution in [3.05, 3.63) is 59.7 Å². The minimum Gasteiger partial charge on any atom is -0.508 e. The van der Waals surface area contributed by atoms with E-state index in [0.29, 0.717) is 0 Å². The van der Waals surface area contributed by atoms with E-state index in [1.165, 1.54) is 34.1 Å². The topological polar surface area (TPSA) is 162 Å². The molecule has 6 N–H and O–H groups in total. The molecule has 11 heteroatoms. The van der Waals surface area contributed by atoms with Gasteiger partial charge in [-0.05, 0) is 12.1 Å². The van der Waals surface area contributed by atoms with Crippen molar-refractivity contribution in [2.45, 2.75) is 12.1 Å². The number of nitrogens with zero attached hydrogens (tertiary/aromatic N) is 2. The van der Waals surface area contributed by atoms with Crippen LogP contribution >= 0.6 is 0 Å². The first-order valence-electron chi connectivity index (χ1n) is 10.0. The van der Waals surface area contributed by atoms with Gasteiger partial charge in [0.05, 0.1) is 13.2 Å². The van der Waals surface area contributed by atoms with Gasteiger partial charge in [-0.3, -0.25) is 19.4 Å². The summed E-state index contributed by atoms with van der Waals surface area (Å²) in [6.07, 6.45) is 0. The number of aromatic hydroxyl groups is 2. The molecule has 0 aliphatic heterocycles. The molecular weight excluding hydrogens is 476 g/mol. The summed E-state index contributed by atoms with van der Waals surface area (Å²) in [6, 6.07) is 9.36. The number of hydrogen-bond donors (Lipinski definition) is 6. The summed E-state index contributed by atoms with van der Waals surface area (Å²) in [5.41, 5.74) is 0.273. The molecular formula is C22H28FeN2O8+2. The van der Waals surface area contributed by atoms with Crippen molar-refractivity contribution >= 4 is 11.9 Å². The smallest absolute Gasteiger partial charge is 0.508 e. The molecule has 0 amide bonds. The molecule has 10 nitrogen and oxygen atoms in total. The number of carboxylic acids is 2. The van der Waals surface area contributed by atoms with Gasteiger partial charge in [0.15, 0.2) is 0 Å². The maximum absolute atomic E-state index is 12.0. The van der Waals surface area contributed by atoms with Crippen molar-refractivity contribution in [2.75, 3.05) is 39.4 Å². The maximum atomic E-state index is 12.0. The minimum atomic E-state index is -1.28. The average molecular weight is 504 g/mol. The number of rotatable bonds is 13.